The number of anilines is 2. The van der Waals surface area contributed by atoms with Gasteiger partial charge in [0.2, 0.25) is 0 Å². The molecule has 0 atom stereocenters. The number of halogens is 4. The Morgan fingerprint density at radius 1 is 0.970 bits per heavy atom. The number of carbonyl (C=O) groups is 1. The minimum atomic E-state index is -4.92. The number of nitrogens with zero attached hydrogens (tertiary/aromatic N) is 4. The van der Waals surface area contributed by atoms with E-state index in [9.17, 15) is 36.5 Å². The number of aromatic amines is 1. The fourth-order valence-electron chi connectivity index (χ4n) is 8.25. The van der Waals surface area contributed by atoms with E-state index in [0.717, 1.165) is 80.3 Å². The molecule has 3 heterocycles. The number of alkyl halides is 3. The monoisotopic (exact) mass is 943 g/mol. The van der Waals surface area contributed by atoms with Crippen molar-refractivity contribution in [1.29, 1.82) is 0 Å². The van der Waals surface area contributed by atoms with Crippen molar-refractivity contribution in [3.8, 4) is 17.2 Å². The summed E-state index contributed by atoms with van der Waals surface area (Å²) >= 11 is 6.23. The molecule has 1 aliphatic heterocycles. The SMILES string of the molecule is CC1(C)CCC(CN2CCN(c3ccc(C(=O)NS(=O)(=O)c4ccc(NCc5cccc(OC(F)(F)F)c5)c([N+](=O)[O-])c4)c(Oc4cnc5[nH]ccc5c4)c3)CC2)=C(c2ccc(Cl)cc2)C1. The third kappa shape index (κ3) is 11.1. The first-order valence-corrected chi connectivity index (χ1v) is 22.9. The summed E-state index contributed by atoms with van der Waals surface area (Å²) in [5, 5.41) is 16.3. The van der Waals surface area contributed by atoms with E-state index in [-0.39, 0.29) is 29.0 Å². The van der Waals surface area contributed by atoms with Crippen molar-refractivity contribution in [3.05, 3.63) is 147 Å². The van der Waals surface area contributed by atoms with Gasteiger partial charge in [0.25, 0.3) is 21.6 Å². The Kier molecular flexibility index (Phi) is 13.0. The van der Waals surface area contributed by atoms with Gasteiger partial charge >= 0.3 is 6.36 Å². The smallest absolute Gasteiger partial charge is 0.455 e. The van der Waals surface area contributed by atoms with Gasteiger partial charge in [0.1, 0.15) is 28.6 Å². The number of rotatable bonds is 14. The van der Waals surface area contributed by atoms with E-state index in [4.69, 9.17) is 16.3 Å². The van der Waals surface area contributed by atoms with Gasteiger partial charge in [0, 0.05) is 73.7 Å². The highest BCUT2D eigenvalue weighted by molar-refractivity contribution is 7.90. The van der Waals surface area contributed by atoms with Crippen LogP contribution in [0.1, 0.15) is 54.6 Å². The summed E-state index contributed by atoms with van der Waals surface area (Å²) < 4.78 is 77.9. The first-order valence-electron chi connectivity index (χ1n) is 21.0. The molecule has 14 nitrogen and oxygen atoms in total. The van der Waals surface area contributed by atoms with Gasteiger partial charge in [-0.1, -0.05) is 55.3 Å². The van der Waals surface area contributed by atoms with Crippen molar-refractivity contribution >= 4 is 61.2 Å². The predicted octanol–water partition coefficient (Wildman–Crippen LogP) is 10.3. The maximum absolute atomic E-state index is 13.9. The molecule has 1 aliphatic carbocycles. The molecule has 1 amide bonds. The Labute approximate surface area is 383 Å². The fourth-order valence-corrected chi connectivity index (χ4v) is 9.36. The van der Waals surface area contributed by atoms with E-state index in [1.807, 2.05) is 16.9 Å². The quantitative estimate of drug-likeness (QED) is 0.0701. The van der Waals surface area contributed by atoms with Crippen LogP contribution in [0.25, 0.3) is 16.6 Å². The number of aromatic nitrogens is 2. The van der Waals surface area contributed by atoms with Crippen LogP contribution in [0.15, 0.2) is 120 Å². The second-order valence-electron chi connectivity index (χ2n) is 17.0. The largest absolute Gasteiger partial charge is 0.573 e. The Bertz CT molecular complexity index is 2940. The number of carbonyl (C=O) groups excluding carboxylic acids is 1. The third-order valence-electron chi connectivity index (χ3n) is 11.7. The van der Waals surface area contributed by atoms with Gasteiger partial charge in [0.05, 0.1) is 21.6 Å². The number of nitrogens with one attached hydrogen (secondary N) is 3. The van der Waals surface area contributed by atoms with E-state index in [0.29, 0.717) is 35.1 Å². The highest BCUT2D eigenvalue weighted by Crippen LogP contribution is 2.43. The average molecular weight is 944 g/mol. The number of benzene rings is 4. The summed E-state index contributed by atoms with van der Waals surface area (Å²) in [5.41, 5.74) is 4.97. The van der Waals surface area contributed by atoms with Crippen molar-refractivity contribution in [1.82, 2.24) is 19.6 Å². The van der Waals surface area contributed by atoms with E-state index in [1.54, 1.807) is 30.5 Å². The lowest BCUT2D eigenvalue weighted by Crippen LogP contribution is -2.47. The number of allylic oxidation sites excluding steroid dienone is 1. The summed E-state index contributed by atoms with van der Waals surface area (Å²) in [6, 6.07) is 24.5. The molecule has 0 bridgehead atoms. The Morgan fingerprint density at radius 3 is 2.48 bits per heavy atom. The zero-order valence-corrected chi connectivity index (χ0v) is 37.4. The van der Waals surface area contributed by atoms with Crippen LogP contribution in [0.4, 0.5) is 30.2 Å². The molecule has 66 heavy (non-hydrogen) atoms. The molecule has 8 rings (SSSR count). The van der Waals surface area contributed by atoms with Gasteiger partial charge < -0.3 is 24.7 Å². The maximum atomic E-state index is 13.9. The predicted molar refractivity (Wildman–Crippen MR) is 245 cm³/mol. The molecule has 6 aromatic rings. The van der Waals surface area contributed by atoms with Crippen LogP contribution >= 0.6 is 11.6 Å². The number of hydrogen-bond acceptors (Lipinski definition) is 11. The van der Waals surface area contributed by atoms with Gasteiger partial charge in [-0.2, -0.15) is 0 Å². The van der Waals surface area contributed by atoms with Crippen LogP contribution in [0, 0.1) is 15.5 Å². The normalized spacial score (nSPS) is 15.7. The zero-order chi connectivity index (χ0) is 46.8. The molecule has 3 N–H and O–H groups in total. The molecular weight excluding hydrogens is 899 g/mol. The van der Waals surface area contributed by atoms with Crippen LogP contribution < -0.4 is 24.4 Å². The Hall–Kier alpha value is -6.63. The molecular formula is C47H45ClF3N7O7S. The van der Waals surface area contributed by atoms with Gasteiger partial charge in [0.15, 0.2) is 0 Å². The molecule has 0 spiro atoms. The number of sulfonamides is 1. The van der Waals surface area contributed by atoms with E-state index < -0.39 is 43.5 Å². The number of nitro groups is 1. The minimum absolute atomic E-state index is 0.0529. The summed E-state index contributed by atoms with van der Waals surface area (Å²) in [6.07, 6.45) is 1.38. The third-order valence-corrected chi connectivity index (χ3v) is 13.2. The summed E-state index contributed by atoms with van der Waals surface area (Å²) in [6.45, 7) is 8.20. The second kappa shape index (κ2) is 18.7. The molecule has 344 valence electrons. The molecule has 0 saturated carbocycles. The molecule has 0 unspecified atom stereocenters. The first-order chi connectivity index (χ1) is 31.4. The van der Waals surface area contributed by atoms with Gasteiger partial charge in [-0.15, -0.1) is 13.2 Å². The number of H-pyrrole nitrogens is 1. The lowest BCUT2D eigenvalue weighted by molar-refractivity contribution is -0.384. The van der Waals surface area contributed by atoms with Crippen LogP contribution in [-0.2, 0) is 16.6 Å². The van der Waals surface area contributed by atoms with E-state index in [1.165, 1.54) is 41.1 Å². The highest BCUT2D eigenvalue weighted by Gasteiger charge is 2.32. The van der Waals surface area contributed by atoms with Crippen molar-refractivity contribution in [2.24, 2.45) is 5.41 Å². The number of ether oxygens (including phenoxy) is 2. The van der Waals surface area contributed by atoms with E-state index in [2.05, 4.69) is 55.8 Å². The second-order valence-corrected chi connectivity index (χ2v) is 19.1. The van der Waals surface area contributed by atoms with Crippen LogP contribution in [-0.4, -0.2) is 73.2 Å². The number of amides is 1. The molecule has 19 heteroatoms. The molecule has 2 aliphatic rings. The number of hydrogen-bond donors (Lipinski definition) is 3. The number of piperazine rings is 1. The molecule has 1 fully saturated rings. The van der Waals surface area contributed by atoms with Crippen LogP contribution in [0.3, 0.4) is 0 Å². The number of fused-ring (bicyclic) bond motifs is 1. The Morgan fingerprint density at radius 2 is 1.74 bits per heavy atom. The van der Waals surface area contributed by atoms with Crippen molar-refractivity contribution in [2.75, 3.05) is 42.9 Å². The molecule has 4 aromatic carbocycles. The number of pyridine rings is 1. The van der Waals surface area contributed by atoms with Crippen molar-refractivity contribution in [2.45, 2.75) is 50.9 Å². The molecule has 0 radical (unpaired) electrons. The zero-order valence-electron chi connectivity index (χ0n) is 35.8. The topological polar surface area (TPSA) is 172 Å². The standard InChI is InChI=1S/C47H45ClF3N7O7S/c1-46(2)16-14-33(40(26-46)31-6-8-34(48)9-7-31)29-56-18-20-57(21-19-56)35-10-12-39(43(24-35)64-37-23-32-15-17-52-44(32)54-28-37)45(59)55-66(62,63)38-11-13-41(42(25-38)58(60)61)53-27-30-4-3-5-36(22-30)65-47(49,50)51/h3-13,15,17,22-25,28,53H,14,16,18-21,26-27,29H2,1-2H3,(H,52,54)(H,55,59). The molecule has 1 saturated heterocycles. The van der Waals surface area contributed by atoms with Gasteiger partial charge in [-0.25, -0.2) is 18.1 Å². The molecule has 2 aromatic heterocycles. The summed E-state index contributed by atoms with van der Waals surface area (Å²) in [7, 11) is -4.71. The first kappa shape index (κ1) is 45.9. The van der Waals surface area contributed by atoms with Crippen LogP contribution in [0.2, 0.25) is 5.02 Å². The Balaban J connectivity index is 0.997. The fraction of sp³-hybridized carbons (Fsp3) is 0.277. The van der Waals surface area contributed by atoms with Crippen molar-refractivity contribution < 1.29 is 40.8 Å². The van der Waals surface area contributed by atoms with E-state index >= 15 is 0 Å². The maximum Gasteiger partial charge on any atom is 0.573 e. The lowest BCUT2D eigenvalue weighted by Gasteiger charge is -2.39. The minimum Gasteiger partial charge on any atom is -0.455 e. The summed E-state index contributed by atoms with van der Waals surface area (Å²) in [4.78, 5) is 36.7. The highest BCUT2D eigenvalue weighted by atomic mass is 35.5. The van der Waals surface area contributed by atoms with Gasteiger partial charge in [-0.05, 0) is 102 Å². The van der Waals surface area contributed by atoms with Gasteiger partial charge in [-0.3, -0.25) is 19.8 Å². The van der Waals surface area contributed by atoms with Crippen LogP contribution in [0.5, 0.6) is 17.2 Å². The van der Waals surface area contributed by atoms with Crippen molar-refractivity contribution in [3.63, 3.8) is 0 Å². The number of nitro benzene ring substituents is 1. The average Bonchev–Trinajstić information content (AvgIpc) is 3.74. The lowest BCUT2D eigenvalue weighted by atomic mass is 9.72. The summed E-state index contributed by atoms with van der Waals surface area (Å²) in [5.74, 6) is -1.19.